The van der Waals surface area contributed by atoms with Crippen LogP contribution in [0, 0.1) is 20.8 Å². The first-order valence-corrected chi connectivity index (χ1v) is 9.90. The van der Waals surface area contributed by atoms with Gasteiger partial charge in [0.15, 0.2) is 5.78 Å². The smallest absolute Gasteiger partial charge is 0.170 e. The van der Waals surface area contributed by atoms with E-state index in [4.69, 9.17) is 4.74 Å². The van der Waals surface area contributed by atoms with Gasteiger partial charge in [0.05, 0.1) is 12.0 Å². The first-order valence-electron chi connectivity index (χ1n) is 9.10. The molecule has 3 aromatic rings. The van der Waals surface area contributed by atoms with Crippen LogP contribution in [0.4, 0.5) is 0 Å². The maximum atomic E-state index is 13.0. The van der Waals surface area contributed by atoms with Crippen molar-refractivity contribution >= 4 is 21.7 Å². The van der Waals surface area contributed by atoms with Gasteiger partial charge in [0.1, 0.15) is 11.9 Å². The van der Waals surface area contributed by atoms with E-state index in [-0.39, 0.29) is 11.9 Å². The van der Waals surface area contributed by atoms with Gasteiger partial charge in [-0.2, -0.15) is 0 Å². The predicted octanol–water partition coefficient (Wildman–Crippen LogP) is 6.75. The van der Waals surface area contributed by atoms with Crippen LogP contribution in [0.2, 0.25) is 0 Å². The Bertz CT molecular complexity index is 1020. The zero-order chi connectivity index (χ0) is 19.1. The molecule has 0 aliphatic carbocycles. The van der Waals surface area contributed by atoms with E-state index >= 15 is 0 Å². The van der Waals surface area contributed by atoms with Crippen LogP contribution in [-0.2, 0) is 0 Å². The molecule has 0 amide bonds. The van der Waals surface area contributed by atoms with Gasteiger partial charge in [-0.05, 0) is 55.2 Å². The molecule has 1 atom stereocenters. The fourth-order valence-electron chi connectivity index (χ4n) is 3.81. The van der Waals surface area contributed by atoms with Crippen LogP contribution < -0.4 is 4.74 Å². The van der Waals surface area contributed by atoms with Crippen molar-refractivity contribution in [1.82, 2.24) is 0 Å². The SMILES string of the molecule is Cc1ccc(C2CC(=O)c3c(C)cc(C)c(-c4ccc(Br)cc4)c3O2)cc1. The average Bonchev–Trinajstić information content (AvgIpc) is 2.63. The van der Waals surface area contributed by atoms with Crippen LogP contribution in [0.1, 0.15) is 45.1 Å². The number of halogens is 1. The van der Waals surface area contributed by atoms with Crippen LogP contribution in [0.15, 0.2) is 59.1 Å². The van der Waals surface area contributed by atoms with E-state index in [1.807, 2.05) is 19.1 Å². The van der Waals surface area contributed by atoms with Crippen molar-refractivity contribution in [3.8, 4) is 16.9 Å². The quantitative estimate of drug-likeness (QED) is 0.458. The summed E-state index contributed by atoms with van der Waals surface area (Å²) >= 11 is 3.49. The van der Waals surface area contributed by atoms with Crippen molar-refractivity contribution in [2.45, 2.75) is 33.3 Å². The lowest BCUT2D eigenvalue weighted by atomic mass is 9.87. The second kappa shape index (κ2) is 6.97. The highest BCUT2D eigenvalue weighted by molar-refractivity contribution is 9.10. The average molecular weight is 421 g/mol. The summed E-state index contributed by atoms with van der Waals surface area (Å²) in [5, 5.41) is 0. The van der Waals surface area contributed by atoms with Gasteiger partial charge in [0.2, 0.25) is 0 Å². The number of aryl methyl sites for hydroxylation is 3. The summed E-state index contributed by atoms with van der Waals surface area (Å²) in [6.45, 7) is 6.13. The molecule has 1 aliphatic heterocycles. The van der Waals surface area contributed by atoms with Gasteiger partial charge in [-0.3, -0.25) is 4.79 Å². The molecule has 1 unspecified atom stereocenters. The van der Waals surface area contributed by atoms with Crippen LogP contribution in [0.3, 0.4) is 0 Å². The van der Waals surface area contributed by atoms with E-state index in [0.29, 0.717) is 6.42 Å². The van der Waals surface area contributed by atoms with Gasteiger partial charge in [0.25, 0.3) is 0 Å². The number of hydrogen-bond acceptors (Lipinski definition) is 2. The topological polar surface area (TPSA) is 26.3 Å². The minimum atomic E-state index is -0.249. The van der Waals surface area contributed by atoms with Crippen LogP contribution in [-0.4, -0.2) is 5.78 Å². The standard InChI is InChI=1S/C24H21BrO2/c1-14-4-6-17(7-5-14)21-13-20(26)23-16(3)12-15(2)22(24(23)27-21)18-8-10-19(25)11-9-18/h4-12,21H,13H2,1-3H3. The number of Topliss-reactive ketones (excluding diaryl/α,β-unsaturated/α-hetero) is 1. The molecule has 0 radical (unpaired) electrons. The Morgan fingerprint density at radius 2 is 1.52 bits per heavy atom. The molecule has 27 heavy (non-hydrogen) atoms. The highest BCUT2D eigenvalue weighted by atomic mass is 79.9. The van der Waals surface area contributed by atoms with Crippen molar-refractivity contribution in [2.75, 3.05) is 0 Å². The minimum absolute atomic E-state index is 0.151. The molecule has 0 bridgehead atoms. The summed E-state index contributed by atoms with van der Waals surface area (Å²) in [4.78, 5) is 13.0. The second-order valence-electron chi connectivity index (χ2n) is 7.24. The third-order valence-electron chi connectivity index (χ3n) is 5.17. The highest BCUT2D eigenvalue weighted by Gasteiger charge is 2.32. The summed E-state index contributed by atoms with van der Waals surface area (Å²) in [6.07, 6.45) is 0.126. The summed E-state index contributed by atoms with van der Waals surface area (Å²) in [7, 11) is 0. The lowest BCUT2D eigenvalue weighted by molar-refractivity contribution is 0.0850. The molecule has 136 valence electrons. The number of benzene rings is 3. The fourth-order valence-corrected chi connectivity index (χ4v) is 4.08. The first-order chi connectivity index (χ1) is 12.9. The molecule has 0 spiro atoms. The number of rotatable bonds is 2. The Balaban J connectivity index is 1.87. The molecule has 1 aliphatic rings. The number of carbonyl (C=O) groups is 1. The number of fused-ring (bicyclic) bond motifs is 1. The number of ketones is 1. The van der Waals surface area contributed by atoms with Crippen molar-refractivity contribution in [2.24, 2.45) is 0 Å². The Labute approximate surface area is 168 Å². The normalized spacial score (nSPS) is 16.0. The van der Waals surface area contributed by atoms with Crippen molar-refractivity contribution < 1.29 is 9.53 Å². The van der Waals surface area contributed by atoms with Gasteiger partial charge in [0, 0.05) is 10.0 Å². The van der Waals surface area contributed by atoms with E-state index in [9.17, 15) is 4.79 Å². The van der Waals surface area contributed by atoms with E-state index in [2.05, 4.69) is 72.2 Å². The van der Waals surface area contributed by atoms with Gasteiger partial charge in [-0.1, -0.05) is 64.0 Å². The van der Waals surface area contributed by atoms with Gasteiger partial charge in [-0.15, -0.1) is 0 Å². The molecule has 0 N–H and O–H groups in total. The molecule has 0 aromatic heterocycles. The highest BCUT2D eigenvalue weighted by Crippen LogP contribution is 2.45. The second-order valence-corrected chi connectivity index (χ2v) is 8.16. The van der Waals surface area contributed by atoms with Crippen LogP contribution in [0.25, 0.3) is 11.1 Å². The van der Waals surface area contributed by atoms with Crippen molar-refractivity contribution in [3.63, 3.8) is 0 Å². The van der Waals surface area contributed by atoms with Crippen molar-refractivity contribution in [1.29, 1.82) is 0 Å². The largest absolute Gasteiger partial charge is 0.484 e. The molecule has 1 heterocycles. The Morgan fingerprint density at radius 3 is 2.19 bits per heavy atom. The minimum Gasteiger partial charge on any atom is -0.484 e. The van der Waals surface area contributed by atoms with Gasteiger partial charge in [-0.25, -0.2) is 0 Å². The number of ether oxygens (including phenoxy) is 1. The van der Waals surface area contributed by atoms with Crippen LogP contribution in [0.5, 0.6) is 5.75 Å². The number of hydrogen-bond donors (Lipinski definition) is 0. The van der Waals surface area contributed by atoms with E-state index in [1.165, 1.54) is 5.56 Å². The summed E-state index contributed by atoms with van der Waals surface area (Å²) in [5.74, 6) is 0.870. The van der Waals surface area contributed by atoms with Gasteiger partial charge >= 0.3 is 0 Å². The fraction of sp³-hybridized carbons (Fsp3) is 0.208. The molecule has 3 aromatic carbocycles. The summed E-state index contributed by atoms with van der Waals surface area (Å²) in [6, 6.07) is 18.5. The molecule has 0 saturated heterocycles. The lowest BCUT2D eigenvalue weighted by Gasteiger charge is -2.29. The number of carbonyl (C=O) groups excluding carboxylic acids is 1. The molecule has 2 nitrogen and oxygen atoms in total. The first kappa shape index (κ1) is 18.0. The predicted molar refractivity (Wildman–Crippen MR) is 113 cm³/mol. The molecule has 4 rings (SSSR count). The Hall–Kier alpha value is -2.39. The molecular formula is C24H21BrO2. The molecule has 0 fully saturated rings. The van der Waals surface area contributed by atoms with Crippen molar-refractivity contribution in [3.05, 3.63) is 86.9 Å². The summed E-state index contributed by atoms with van der Waals surface area (Å²) < 4.78 is 7.50. The zero-order valence-electron chi connectivity index (χ0n) is 15.7. The van der Waals surface area contributed by atoms with E-state index in [0.717, 1.165) is 43.6 Å². The maximum Gasteiger partial charge on any atom is 0.170 e. The van der Waals surface area contributed by atoms with Crippen LogP contribution >= 0.6 is 15.9 Å². The molecular weight excluding hydrogens is 400 g/mol. The molecule has 0 saturated carbocycles. The third kappa shape index (κ3) is 3.32. The van der Waals surface area contributed by atoms with E-state index < -0.39 is 0 Å². The maximum absolute atomic E-state index is 13.0. The molecule has 3 heteroatoms. The Kier molecular flexibility index (Phi) is 4.65. The third-order valence-corrected chi connectivity index (χ3v) is 5.70. The Morgan fingerprint density at radius 1 is 0.889 bits per heavy atom. The van der Waals surface area contributed by atoms with Gasteiger partial charge < -0.3 is 4.74 Å². The lowest BCUT2D eigenvalue weighted by Crippen LogP contribution is -2.22. The monoisotopic (exact) mass is 420 g/mol. The van der Waals surface area contributed by atoms with E-state index in [1.54, 1.807) is 0 Å². The zero-order valence-corrected chi connectivity index (χ0v) is 17.3. The summed E-state index contributed by atoms with van der Waals surface area (Å²) in [5.41, 5.74) is 7.13.